The van der Waals surface area contributed by atoms with Crippen molar-refractivity contribution in [2.75, 3.05) is 0 Å². The van der Waals surface area contributed by atoms with E-state index in [4.69, 9.17) is 0 Å². The van der Waals surface area contributed by atoms with Gasteiger partial charge in [-0.1, -0.05) is 0 Å². The maximum absolute atomic E-state index is 14.2. The van der Waals surface area contributed by atoms with Gasteiger partial charge in [0.05, 0.1) is 23.5 Å². The lowest BCUT2D eigenvalue weighted by molar-refractivity contribution is -0.121. The van der Waals surface area contributed by atoms with Crippen molar-refractivity contribution < 1.29 is 18.4 Å². The molecule has 0 radical (unpaired) electrons. The number of nitrogens with one attached hydrogen (secondary N) is 1. The number of Topliss-reactive ketones (excluding diaryl/α,β-unsaturated/α-hetero) is 1. The Hall–Kier alpha value is -2.87. The summed E-state index contributed by atoms with van der Waals surface area (Å²) in [5.41, 5.74) is 2.66. The summed E-state index contributed by atoms with van der Waals surface area (Å²) in [6.45, 7) is 1.50. The number of benzene rings is 1. The molecule has 0 saturated carbocycles. The third kappa shape index (κ3) is 3.98. The molecule has 0 bridgehead atoms. The number of ketones is 1. The van der Waals surface area contributed by atoms with Crippen LogP contribution >= 0.6 is 11.3 Å². The van der Waals surface area contributed by atoms with Gasteiger partial charge in [0, 0.05) is 17.3 Å². The van der Waals surface area contributed by atoms with E-state index in [2.05, 4.69) is 10.4 Å². The van der Waals surface area contributed by atoms with E-state index in [0.29, 0.717) is 11.3 Å². The summed E-state index contributed by atoms with van der Waals surface area (Å²) in [5, 5.41) is 9.13. The van der Waals surface area contributed by atoms with Crippen molar-refractivity contribution in [1.82, 2.24) is 15.1 Å². The summed E-state index contributed by atoms with van der Waals surface area (Å²) in [6.07, 6.45) is 4.11. The van der Waals surface area contributed by atoms with Gasteiger partial charge in [0.25, 0.3) is 0 Å². The molecule has 4 rings (SSSR count). The molecule has 1 aliphatic carbocycles. The topological polar surface area (TPSA) is 64.0 Å². The summed E-state index contributed by atoms with van der Waals surface area (Å²) >= 11 is 1.33. The predicted molar refractivity (Wildman–Crippen MR) is 105 cm³/mol. The van der Waals surface area contributed by atoms with Crippen LogP contribution in [0.4, 0.5) is 8.78 Å². The Labute approximate surface area is 170 Å². The van der Waals surface area contributed by atoms with Crippen LogP contribution in [0.1, 0.15) is 52.3 Å². The maximum atomic E-state index is 14.2. The van der Waals surface area contributed by atoms with E-state index in [1.54, 1.807) is 12.3 Å². The first kappa shape index (κ1) is 19.4. The molecule has 29 heavy (non-hydrogen) atoms. The normalized spacial score (nSPS) is 15.8. The summed E-state index contributed by atoms with van der Waals surface area (Å²) < 4.78 is 28.9. The summed E-state index contributed by atoms with van der Waals surface area (Å²) in [7, 11) is 0. The van der Waals surface area contributed by atoms with Gasteiger partial charge in [0.15, 0.2) is 11.6 Å². The molecule has 0 spiro atoms. The summed E-state index contributed by atoms with van der Waals surface area (Å²) in [4.78, 5) is 24.6. The van der Waals surface area contributed by atoms with E-state index < -0.39 is 11.6 Å². The van der Waals surface area contributed by atoms with Gasteiger partial charge >= 0.3 is 0 Å². The monoisotopic (exact) mass is 415 g/mol. The number of thiophene rings is 1. The average molecular weight is 415 g/mol. The molecule has 3 aromatic rings. The van der Waals surface area contributed by atoms with Crippen molar-refractivity contribution in [3.63, 3.8) is 0 Å². The van der Waals surface area contributed by atoms with Gasteiger partial charge in [-0.3, -0.25) is 9.59 Å². The number of fused-ring (bicyclic) bond motifs is 1. The van der Waals surface area contributed by atoms with E-state index in [1.807, 2.05) is 5.38 Å². The van der Waals surface area contributed by atoms with E-state index in [0.717, 1.165) is 35.7 Å². The van der Waals surface area contributed by atoms with Crippen molar-refractivity contribution in [1.29, 1.82) is 0 Å². The Morgan fingerprint density at radius 1 is 1.31 bits per heavy atom. The number of rotatable bonds is 5. The Morgan fingerprint density at radius 2 is 2.14 bits per heavy atom. The molecule has 0 saturated heterocycles. The summed E-state index contributed by atoms with van der Waals surface area (Å²) in [6, 6.07) is 4.93. The number of hydrogen-bond acceptors (Lipinski definition) is 4. The fourth-order valence-electron chi connectivity index (χ4n) is 3.65. The first-order chi connectivity index (χ1) is 13.9. The number of amides is 1. The van der Waals surface area contributed by atoms with Crippen molar-refractivity contribution in [3.8, 4) is 5.69 Å². The Kier molecular flexibility index (Phi) is 5.27. The van der Waals surface area contributed by atoms with Crippen molar-refractivity contribution in [3.05, 3.63) is 69.2 Å². The highest BCUT2D eigenvalue weighted by molar-refractivity contribution is 7.12. The van der Waals surface area contributed by atoms with E-state index >= 15 is 0 Å². The molecular weight excluding hydrogens is 396 g/mol. The standard InChI is InChI=1S/C21H19F2N3O2S/c1-12(27)20-7-13(11-29-20)8-21(28)25-17-3-2-4-18-15(17)10-24-26(18)19-6-5-14(22)9-16(19)23/h5-7,9-11,17H,2-4,8H2,1H3,(H,25,28). The second-order valence-corrected chi connectivity index (χ2v) is 8.03. The zero-order chi connectivity index (χ0) is 20.5. The molecule has 1 aliphatic rings. The van der Waals surface area contributed by atoms with Crippen molar-refractivity contribution >= 4 is 23.0 Å². The van der Waals surface area contributed by atoms with Crippen LogP contribution in [0.5, 0.6) is 0 Å². The molecule has 1 aromatic carbocycles. The molecule has 150 valence electrons. The molecule has 0 aliphatic heterocycles. The van der Waals surface area contributed by atoms with Crippen LogP contribution in [0.15, 0.2) is 35.8 Å². The highest BCUT2D eigenvalue weighted by atomic mass is 32.1. The van der Waals surface area contributed by atoms with Gasteiger partial charge < -0.3 is 5.32 Å². The Morgan fingerprint density at radius 3 is 2.86 bits per heavy atom. The van der Waals surface area contributed by atoms with Crippen LogP contribution < -0.4 is 5.32 Å². The third-order valence-electron chi connectivity index (χ3n) is 5.02. The molecule has 2 aromatic heterocycles. The highest BCUT2D eigenvalue weighted by Crippen LogP contribution is 2.32. The Balaban J connectivity index is 1.52. The molecular formula is C21H19F2N3O2S. The van der Waals surface area contributed by atoms with Gasteiger partial charge in [-0.05, 0) is 55.3 Å². The average Bonchev–Trinajstić information content (AvgIpc) is 3.30. The summed E-state index contributed by atoms with van der Waals surface area (Å²) in [5.74, 6) is -1.48. The maximum Gasteiger partial charge on any atom is 0.224 e. The fourth-order valence-corrected chi connectivity index (χ4v) is 4.47. The fraction of sp³-hybridized carbons (Fsp3) is 0.286. The molecule has 0 fully saturated rings. The van der Waals surface area contributed by atoms with Crippen molar-refractivity contribution in [2.24, 2.45) is 0 Å². The second kappa shape index (κ2) is 7.87. The van der Waals surface area contributed by atoms with Crippen LogP contribution in [0.2, 0.25) is 0 Å². The van der Waals surface area contributed by atoms with E-state index in [1.165, 1.54) is 35.1 Å². The number of carbonyl (C=O) groups is 2. The molecule has 1 atom stereocenters. The SMILES string of the molecule is CC(=O)c1cc(CC(=O)NC2CCCc3c2cnn3-c2ccc(F)cc2F)cs1. The largest absolute Gasteiger partial charge is 0.349 e. The highest BCUT2D eigenvalue weighted by Gasteiger charge is 2.27. The lowest BCUT2D eigenvalue weighted by Crippen LogP contribution is -2.32. The quantitative estimate of drug-likeness (QED) is 0.637. The molecule has 2 heterocycles. The number of hydrogen-bond donors (Lipinski definition) is 1. The minimum absolute atomic E-state index is 0.0148. The molecule has 1 amide bonds. The molecule has 1 N–H and O–H groups in total. The van der Waals surface area contributed by atoms with Gasteiger partial charge in [0.1, 0.15) is 11.5 Å². The van der Waals surface area contributed by atoms with Crippen LogP contribution in [0.3, 0.4) is 0 Å². The third-order valence-corrected chi connectivity index (χ3v) is 6.10. The first-order valence-electron chi connectivity index (χ1n) is 9.32. The molecule has 5 nitrogen and oxygen atoms in total. The number of carbonyl (C=O) groups excluding carboxylic acids is 2. The predicted octanol–water partition coefficient (Wildman–Crippen LogP) is 4.15. The van der Waals surface area contributed by atoms with Gasteiger partial charge in [-0.15, -0.1) is 11.3 Å². The van der Waals surface area contributed by atoms with Gasteiger partial charge in [-0.25, -0.2) is 13.5 Å². The molecule has 1 unspecified atom stereocenters. The lowest BCUT2D eigenvalue weighted by Gasteiger charge is -2.24. The number of halogens is 2. The van der Waals surface area contributed by atoms with E-state index in [9.17, 15) is 18.4 Å². The van der Waals surface area contributed by atoms with Crippen LogP contribution in [-0.4, -0.2) is 21.5 Å². The van der Waals surface area contributed by atoms with Crippen LogP contribution in [0.25, 0.3) is 5.69 Å². The van der Waals surface area contributed by atoms with Gasteiger partial charge in [-0.2, -0.15) is 5.10 Å². The lowest BCUT2D eigenvalue weighted by atomic mass is 9.92. The number of aromatic nitrogens is 2. The zero-order valence-electron chi connectivity index (χ0n) is 15.7. The minimum atomic E-state index is -0.680. The van der Waals surface area contributed by atoms with Crippen LogP contribution in [0, 0.1) is 11.6 Å². The zero-order valence-corrected chi connectivity index (χ0v) is 16.6. The first-order valence-corrected chi connectivity index (χ1v) is 10.2. The second-order valence-electron chi connectivity index (χ2n) is 7.12. The Bertz CT molecular complexity index is 1090. The number of nitrogens with zero attached hydrogens (tertiary/aromatic N) is 2. The smallest absolute Gasteiger partial charge is 0.224 e. The molecule has 8 heteroatoms. The van der Waals surface area contributed by atoms with Crippen LogP contribution in [-0.2, 0) is 17.6 Å². The van der Waals surface area contributed by atoms with E-state index in [-0.39, 0.29) is 29.8 Å². The van der Waals surface area contributed by atoms with Crippen molar-refractivity contribution in [2.45, 2.75) is 38.6 Å². The minimum Gasteiger partial charge on any atom is -0.349 e. The van der Waals surface area contributed by atoms with Gasteiger partial charge in [0.2, 0.25) is 5.91 Å².